The van der Waals surface area contributed by atoms with Crippen LogP contribution in [0.25, 0.3) is 17.0 Å². The van der Waals surface area contributed by atoms with Crippen LogP contribution in [0.3, 0.4) is 0 Å². The summed E-state index contributed by atoms with van der Waals surface area (Å²) in [5.74, 6) is -0.768. The summed E-state index contributed by atoms with van der Waals surface area (Å²) in [7, 11) is 0. The lowest BCUT2D eigenvalue weighted by molar-refractivity contribution is -0.137. The van der Waals surface area contributed by atoms with Crippen molar-refractivity contribution in [3.8, 4) is 0 Å². The average molecular weight is 596 g/mol. The van der Waals surface area contributed by atoms with Gasteiger partial charge in [-0.2, -0.15) is 13.2 Å². The van der Waals surface area contributed by atoms with E-state index >= 15 is 0 Å². The van der Waals surface area contributed by atoms with Crippen molar-refractivity contribution in [1.29, 1.82) is 0 Å². The number of halogens is 3. The molecule has 0 atom stereocenters. The van der Waals surface area contributed by atoms with Crippen LogP contribution in [0.2, 0.25) is 0 Å². The molecule has 5 nitrogen and oxygen atoms in total. The number of fused-ring (bicyclic) bond motifs is 1. The zero-order valence-corrected chi connectivity index (χ0v) is 24.6. The molecule has 2 amide bonds. The lowest BCUT2D eigenvalue weighted by atomic mass is 9.87. The van der Waals surface area contributed by atoms with Gasteiger partial charge in [-0.05, 0) is 76.7 Å². The summed E-state index contributed by atoms with van der Waals surface area (Å²) in [6, 6.07) is 29.1. The second-order valence-electron chi connectivity index (χ2n) is 11.6. The number of aromatic nitrogens is 1. The molecule has 44 heavy (non-hydrogen) atoms. The Morgan fingerprint density at radius 2 is 1.39 bits per heavy atom. The van der Waals surface area contributed by atoms with E-state index in [1.165, 1.54) is 23.8 Å². The van der Waals surface area contributed by atoms with Gasteiger partial charge in [0.1, 0.15) is 5.69 Å². The molecular weight excluding hydrogens is 563 g/mol. The van der Waals surface area contributed by atoms with E-state index in [9.17, 15) is 22.8 Å². The van der Waals surface area contributed by atoms with Gasteiger partial charge in [-0.3, -0.25) is 9.59 Å². The zero-order valence-electron chi connectivity index (χ0n) is 24.6. The number of amides is 2. The highest BCUT2D eigenvalue weighted by Crippen LogP contribution is 2.31. The Morgan fingerprint density at radius 3 is 2.02 bits per heavy atom. The van der Waals surface area contributed by atoms with Gasteiger partial charge in [0, 0.05) is 34.9 Å². The van der Waals surface area contributed by atoms with Gasteiger partial charge in [-0.15, -0.1) is 0 Å². The maximum atomic E-state index is 13.5. The van der Waals surface area contributed by atoms with E-state index in [1.54, 1.807) is 24.3 Å². The van der Waals surface area contributed by atoms with Gasteiger partial charge in [0.2, 0.25) is 5.91 Å². The second kappa shape index (κ2) is 12.2. The van der Waals surface area contributed by atoms with E-state index < -0.39 is 17.6 Å². The molecule has 0 aliphatic carbocycles. The molecule has 5 aromatic rings. The van der Waals surface area contributed by atoms with E-state index in [-0.39, 0.29) is 17.0 Å². The molecule has 1 aromatic heterocycles. The van der Waals surface area contributed by atoms with E-state index in [0.29, 0.717) is 17.9 Å². The fourth-order valence-electron chi connectivity index (χ4n) is 4.86. The topological polar surface area (TPSA) is 63.1 Å². The number of carbonyl (C=O) groups excluding carboxylic acids is 2. The summed E-state index contributed by atoms with van der Waals surface area (Å²) in [6.07, 6.45) is -1.30. The minimum absolute atomic E-state index is 0.0114. The molecule has 5 rings (SSSR count). The van der Waals surface area contributed by atoms with Crippen molar-refractivity contribution in [2.24, 2.45) is 0 Å². The van der Waals surface area contributed by atoms with Gasteiger partial charge in [0.15, 0.2) is 0 Å². The third kappa shape index (κ3) is 7.26. The smallest absolute Gasteiger partial charge is 0.332 e. The standard InChI is InChI=1S/C36H32F3N3O2/c1-35(2,3)27-12-9-25(10-13-27)23-42-31-19-18-30(40-33(43)20-11-24-7-5-4-6-8-24)21-26(31)22-32(42)34(44)41-29-16-14-28(15-17-29)36(37,38)39/h4-22H,23H2,1-3H3,(H,40,43)(H,41,44)/b20-11+. The number of anilines is 2. The Bertz CT molecular complexity index is 1810. The summed E-state index contributed by atoms with van der Waals surface area (Å²) >= 11 is 0. The van der Waals surface area contributed by atoms with E-state index in [0.717, 1.165) is 34.2 Å². The lowest BCUT2D eigenvalue weighted by Gasteiger charge is -2.19. The number of benzene rings is 4. The summed E-state index contributed by atoms with van der Waals surface area (Å²) in [5, 5.41) is 6.31. The molecule has 224 valence electrons. The summed E-state index contributed by atoms with van der Waals surface area (Å²) in [6.45, 7) is 6.80. The molecule has 0 saturated carbocycles. The first kappa shape index (κ1) is 30.4. The third-order valence-corrected chi connectivity index (χ3v) is 7.26. The van der Waals surface area contributed by atoms with Crippen LogP contribution in [-0.2, 0) is 22.9 Å². The van der Waals surface area contributed by atoms with E-state index in [1.807, 2.05) is 53.1 Å². The number of hydrogen-bond acceptors (Lipinski definition) is 2. The van der Waals surface area contributed by atoms with Crippen molar-refractivity contribution in [1.82, 2.24) is 4.57 Å². The minimum atomic E-state index is -4.47. The fraction of sp³-hybridized carbons (Fsp3) is 0.167. The van der Waals surface area contributed by atoms with Crippen LogP contribution in [-0.4, -0.2) is 16.4 Å². The Labute approximate surface area is 254 Å². The Morgan fingerprint density at radius 1 is 0.750 bits per heavy atom. The maximum Gasteiger partial charge on any atom is 0.416 e. The molecule has 0 aliphatic rings. The monoisotopic (exact) mass is 595 g/mol. The van der Waals surface area contributed by atoms with Crippen molar-refractivity contribution in [3.05, 3.63) is 137 Å². The highest BCUT2D eigenvalue weighted by molar-refractivity contribution is 6.07. The molecule has 0 bridgehead atoms. The van der Waals surface area contributed by atoms with Crippen molar-refractivity contribution >= 4 is 40.2 Å². The highest BCUT2D eigenvalue weighted by atomic mass is 19.4. The minimum Gasteiger partial charge on any atom is -0.332 e. The van der Waals surface area contributed by atoms with Gasteiger partial charge < -0.3 is 15.2 Å². The number of alkyl halides is 3. The van der Waals surface area contributed by atoms with Crippen molar-refractivity contribution in [2.75, 3.05) is 10.6 Å². The Hall–Kier alpha value is -5.11. The highest BCUT2D eigenvalue weighted by Gasteiger charge is 2.30. The van der Waals surface area contributed by atoms with Crippen LogP contribution in [0.4, 0.5) is 24.5 Å². The van der Waals surface area contributed by atoms with Crippen molar-refractivity contribution in [3.63, 3.8) is 0 Å². The van der Waals surface area contributed by atoms with Crippen molar-refractivity contribution in [2.45, 2.75) is 38.9 Å². The summed E-state index contributed by atoms with van der Waals surface area (Å²) < 4.78 is 40.9. The Balaban J connectivity index is 1.44. The predicted molar refractivity (Wildman–Crippen MR) is 170 cm³/mol. The molecule has 0 unspecified atom stereocenters. The third-order valence-electron chi connectivity index (χ3n) is 7.26. The zero-order chi connectivity index (χ0) is 31.5. The summed E-state index contributed by atoms with van der Waals surface area (Å²) in [4.78, 5) is 26.1. The first-order valence-electron chi connectivity index (χ1n) is 14.1. The molecular formula is C36H32F3N3O2. The molecule has 0 fully saturated rings. The molecule has 2 N–H and O–H groups in total. The molecule has 0 aliphatic heterocycles. The number of rotatable bonds is 7. The van der Waals surface area contributed by atoms with Crippen LogP contribution >= 0.6 is 0 Å². The summed E-state index contributed by atoms with van der Waals surface area (Å²) in [5.41, 5.74) is 4.14. The van der Waals surface area contributed by atoms with Gasteiger partial charge in [0.05, 0.1) is 5.56 Å². The molecule has 1 heterocycles. The largest absolute Gasteiger partial charge is 0.416 e. The first-order chi connectivity index (χ1) is 20.9. The lowest BCUT2D eigenvalue weighted by Crippen LogP contribution is -2.18. The average Bonchev–Trinajstić information content (AvgIpc) is 3.34. The quantitative estimate of drug-likeness (QED) is 0.185. The van der Waals surface area contributed by atoms with Gasteiger partial charge in [0.25, 0.3) is 5.91 Å². The molecule has 4 aromatic carbocycles. The fourth-order valence-corrected chi connectivity index (χ4v) is 4.86. The van der Waals surface area contributed by atoms with E-state index in [4.69, 9.17) is 0 Å². The number of nitrogens with one attached hydrogen (secondary N) is 2. The Kier molecular flexibility index (Phi) is 8.45. The number of carbonyl (C=O) groups is 2. The van der Waals surface area contributed by atoms with Gasteiger partial charge in [-0.25, -0.2) is 0 Å². The SMILES string of the molecule is CC(C)(C)c1ccc(Cn2c(C(=O)Nc3ccc(C(F)(F)F)cc3)cc3cc(NC(=O)/C=C/c4ccccc4)ccc32)cc1. The molecule has 8 heteroatoms. The van der Waals surface area contributed by atoms with Crippen LogP contribution < -0.4 is 10.6 Å². The molecule has 0 radical (unpaired) electrons. The maximum absolute atomic E-state index is 13.5. The molecule has 0 spiro atoms. The predicted octanol–water partition coefficient (Wildman–Crippen LogP) is 8.91. The molecule has 0 saturated heterocycles. The second-order valence-corrected chi connectivity index (χ2v) is 11.6. The van der Waals surface area contributed by atoms with Crippen LogP contribution in [0, 0.1) is 0 Å². The normalized spacial score (nSPS) is 12.0. The van der Waals surface area contributed by atoms with Gasteiger partial charge in [-0.1, -0.05) is 75.4 Å². The van der Waals surface area contributed by atoms with Crippen LogP contribution in [0.5, 0.6) is 0 Å². The number of hydrogen-bond donors (Lipinski definition) is 2. The van der Waals surface area contributed by atoms with Crippen molar-refractivity contribution < 1.29 is 22.8 Å². The van der Waals surface area contributed by atoms with Gasteiger partial charge >= 0.3 is 6.18 Å². The van der Waals surface area contributed by atoms with E-state index in [2.05, 4.69) is 43.5 Å². The van der Waals surface area contributed by atoms with Crippen LogP contribution in [0.1, 0.15) is 53.5 Å². The van der Waals surface area contributed by atoms with Crippen LogP contribution in [0.15, 0.2) is 109 Å². The number of nitrogens with zero attached hydrogens (tertiary/aromatic N) is 1. The first-order valence-corrected chi connectivity index (χ1v) is 14.1.